The molecule has 0 aromatic heterocycles. The summed E-state index contributed by atoms with van der Waals surface area (Å²) >= 11 is 0. The standard InChI is InChI=1S/C24H38O3/c1-15(7-10-21(26)27)17-8-9-18-22-19(11-13-24(17,18)3)23(2)12-5-4-6-16(23)14-20(22)25/h15-19,22H,4-14H2,1-3H3,(H,26,27)/t15?,16-,17+,18-,19-,22-,23-,24+/m0/s1. The van der Waals surface area contributed by atoms with E-state index in [9.17, 15) is 9.59 Å². The Morgan fingerprint density at radius 3 is 2.56 bits per heavy atom. The highest BCUT2D eigenvalue weighted by Gasteiger charge is 2.62. The quantitative estimate of drug-likeness (QED) is 0.685. The van der Waals surface area contributed by atoms with E-state index in [-0.39, 0.29) is 11.8 Å². The van der Waals surface area contributed by atoms with Gasteiger partial charge in [-0.15, -0.1) is 0 Å². The number of aliphatic carboxylic acids is 1. The van der Waals surface area contributed by atoms with Crippen molar-refractivity contribution in [1.82, 2.24) is 0 Å². The van der Waals surface area contributed by atoms with Gasteiger partial charge in [0.25, 0.3) is 0 Å². The lowest BCUT2D eigenvalue weighted by Gasteiger charge is -2.60. The lowest BCUT2D eigenvalue weighted by molar-refractivity contribution is -0.156. The smallest absolute Gasteiger partial charge is 0.303 e. The maximum absolute atomic E-state index is 13.3. The van der Waals surface area contributed by atoms with Crippen molar-refractivity contribution in [3.8, 4) is 0 Å². The molecule has 152 valence electrons. The van der Waals surface area contributed by atoms with Gasteiger partial charge in [0.05, 0.1) is 0 Å². The van der Waals surface area contributed by atoms with Crippen LogP contribution >= 0.6 is 0 Å². The molecule has 3 nitrogen and oxygen atoms in total. The number of carbonyl (C=O) groups is 2. The molecule has 8 atom stereocenters. The van der Waals surface area contributed by atoms with Gasteiger partial charge in [-0.2, -0.15) is 0 Å². The van der Waals surface area contributed by atoms with Crippen LogP contribution in [0.4, 0.5) is 0 Å². The zero-order valence-electron chi connectivity index (χ0n) is 17.5. The predicted molar refractivity (Wildman–Crippen MR) is 106 cm³/mol. The van der Waals surface area contributed by atoms with Crippen LogP contribution in [-0.2, 0) is 9.59 Å². The molecule has 1 unspecified atom stereocenters. The van der Waals surface area contributed by atoms with Crippen LogP contribution in [0.15, 0.2) is 0 Å². The molecule has 4 aliphatic carbocycles. The number of rotatable bonds is 4. The molecule has 0 heterocycles. The molecule has 0 spiro atoms. The minimum atomic E-state index is -0.677. The monoisotopic (exact) mass is 374 g/mol. The number of carbonyl (C=O) groups excluding carboxylic acids is 1. The fourth-order valence-corrected chi connectivity index (χ4v) is 8.49. The second-order valence-electron chi connectivity index (χ2n) is 11.0. The molecule has 3 heteroatoms. The van der Waals surface area contributed by atoms with Crippen LogP contribution in [0.2, 0.25) is 0 Å². The summed E-state index contributed by atoms with van der Waals surface area (Å²) in [5.41, 5.74) is 0.637. The predicted octanol–water partition coefficient (Wildman–Crippen LogP) is 5.72. The van der Waals surface area contributed by atoms with Crippen LogP contribution in [0.5, 0.6) is 0 Å². The molecule has 4 aliphatic rings. The zero-order valence-corrected chi connectivity index (χ0v) is 17.5. The Hall–Kier alpha value is -0.860. The van der Waals surface area contributed by atoms with Crippen molar-refractivity contribution < 1.29 is 14.7 Å². The van der Waals surface area contributed by atoms with Crippen LogP contribution in [-0.4, -0.2) is 16.9 Å². The lowest BCUT2D eigenvalue weighted by Crippen LogP contribution is -2.56. The zero-order chi connectivity index (χ0) is 19.4. The molecule has 0 radical (unpaired) electrons. The molecule has 0 saturated heterocycles. The molecule has 0 amide bonds. The summed E-state index contributed by atoms with van der Waals surface area (Å²) in [7, 11) is 0. The first-order valence-corrected chi connectivity index (χ1v) is 11.5. The minimum absolute atomic E-state index is 0.243. The Kier molecular flexibility index (Phi) is 4.96. The molecule has 0 aliphatic heterocycles. The van der Waals surface area contributed by atoms with Gasteiger partial charge in [-0.3, -0.25) is 9.59 Å². The Balaban J connectivity index is 1.57. The van der Waals surface area contributed by atoms with Gasteiger partial charge in [0.1, 0.15) is 5.78 Å². The number of hydrogen-bond acceptors (Lipinski definition) is 2. The molecule has 0 aromatic rings. The van der Waals surface area contributed by atoms with Crippen LogP contribution in [0.25, 0.3) is 0 Å². The maximum Gasteiger partial charge on any atom is 0.303 e. The molecule has 4 rings (SSSR count). The van der Waals surface area contributed by atoms with Gasteiger partial charge in [-0.25, -0.2) is 0 Å². The number of ketones is 1. The fourth-order valence-electron chi connectivity index (χ4n) is 8.49. The van der Waals surface area contributed by atoms with E-state index in [0.29, 0.717) is 46.7 Å². The van der Waals surface area contributed by atoms with Crippen LogP contribution in [0.3, 0.4) is 0 Å². The summed E-state index contributed by atoms with van der Waals surface area (Å²) in [6.45, 7) is 7.23. The van der Waals surface area contributed by atoms with Crippen LogP contribution < -0.4 is 0 Å². The van der Waals surface area contributed by atoms with Gasteiger partial charge in [0.2, 0.25) is 0 Å². The Bertz CT molecular complexity index is 613. The summed E-state index contributed by atoms with van der Waals surface area (Å²) < 4.78 is 0. The van der Waals surface area contributed by atoms with E-state index in [1.807, 2.05) is 0 Å². The molecule has 4 saturated carbocycles. The summed E-state index contributed by atoms with van der Waals surface area (Å²) in [6, 6.07) is 0. The van der Waals surface area contributed by atoms with Crippen molar-refractivity contribution in [2.24, 2.45) is 46.3 Å². The van der Waals surface area contributed by atoms with Crippen molar-refractivity contribution in [1.29, 1.82) is 0 Å². The largest absolute Gasteiger partial charge is 0.481 e. The van der Waals surface area contributed by atoms with E-state index in [1.165, 1.54) is 51.4 Å². The number of carboxylic acids is 1. The summed E-state index contributed by atoms with van der Waals surface area (Å²) in [5.74, 6) is 3.02. The SMILES string of the molecule is CC(CCC(=O)O)[C@H]1CC[C@H]2[C@@H]3C(=O)C[C@@H]4CCCC[C@]4(C)[C@H]3CC[C@]12C. The maximum atomic E-state index is 13.3. The van der Waals surface area contributed by atoms with Crippen LogP contribution in [0, 0.1) is 46.3 Å². The van der Waals surface area contributed by atoms with Crippen LogP contribution in [0.1, 0.15) is 91.4 Å². The van der Waals surface area contributed by atoms with Gasteiger partial charge >= 0.3 is 5.97 Å². The topological polar surface area (TPSA) is 54.4 Å². The molecule has 27 heavy (non-hydrogen) atoms. The van der Waals surface area contributed by atoms with Gasteiger partial charge < -0.3 is 5.11 Å². The van der Waals surface area contributed by atoms with Crippen molar-refractivity contribution in [3.63, 3.8) is 0 Å². The molecular formula is C24H38O3. The molecule has 0 aromatic carbocycles. The van der Waals surface area contributed by atoms with Gasteiger partial charge in [0, 0.05) is 18.8 Å². The lowest BCUT2D eigenvalue weighted by atomic mass is 9.44. The second kappa shape index (κ2) is 6.88. The molecule has 4 fully saturated rings. The van der Waals surface area contributed by atoms with Crippen molar-refractivity contribution >= 4 is 11.8 Å². The average Bonchev–Trinajstić information content (AvgIpc) is 2.97. The highest BCUT2D eigenvalue weighted by molar-refractivity contribution is 5.83. The second-order valence-corrected chi connectivity index (χ2v) is 11.0. The number of Topliss-reactive ketones (excluding diaryl/α,β-unsaturated/α-hetero) is 1. The normalized spacial score (nSPS) is 47.7. The van der Waals surface area contributed by atoms with Crippen molar-refractivity contribution in [2.45, 2.75) is 91.4 Å². The molecular weight excluding hydrogens is 336 g/mol. The third-order valence-corrected chi connectivity index (χ3v) is 9.96. The van der Waals surface area contributed by atoms with E-state index in [0.717, 1.165) is 12.8 Å². The third kappa shape index (κ3) is 2.99. The minimum Gasteiger partial charge on any atom is -0.481 e. The number of fused-ring (bicyclic) bond motifs is 5. The van der Waals surface area contributed by atoms with E-state index < -0.39 is 5.97 Å². The first kappa shape index (κ1) is 19.5. The summed E-state index contributed by atoms with van der Waals surface area (Å²) in [6.07, 6.45) is 12.0. The first-order chi connectivity index (χ1) is 12.8. The Morgan fingerprint density at radius 2 is 1.81 bits per heavy atom. The number of carboxylic acid groups (broad SMARTS) is 1. The molecule has 0 bridgehead atoms. The van der Waals surface area contributed by atoms with Gasteiger partial charge in [0.15, 0.2) is 0 Å². The van der Waals surface area contributed by atoms with E-state index in [2.05, 4.69) is 20.8 Å². The van der Waals surface area contributed by atoms with Gasteiger partial charge in [-0.05, 0) is 85.4 Å². The summed E-state index contributed by atoms with van der Waals surface area (Å²) in [5, 5.41) is 9.08. The molecule has 1 N–H and O–H groups in total. The van der Waals surface area contributed by atoms with Crippen molar-refractivity contribution in [3.05, 3.63) is 0 Å². The first-order valence-electron chi connectivity index (χ1n) is 11.5. The van der Waals surface area contributed by atoms with E-state index >= 15 is 0 Å². The third-order valence-electron chi connectivity index (χ3n) is 9.96. The van der Waals surface area contributed by atoms with Crippen molar-refractivity contribution in [2.75, 3.05) is 0 Å². The van der Waals surface area contributed by atoms with Gasteiger partial charge in [-0.1, -0.05) is 33.6 Å². The fraction of sp³-hybridized carbons (Fsp3) is 0.917. The summed E-state index contributed by atoms with van der Waals surface area (Å²) in [4.78, 5) is 24.4. The van der Waals surface area contributed by atoms with E-state index in [4.69, 9.17) is 5.11 Å². The number of hydrogen-bond donors (Lipinski definition) is 1. The van der Waals surface area contributed by atoms with E-state index in [1.54, 1.807) is 0 Å². The Morgan fingerprint density at radius 1 is 1.07 bits per heavy atom. The highest BCUT2D eigenvalue weighted by atomic mass is 16.4. The Labute approximate surface area is 164 Å². The average molecular weight is 375 g/mol. The highest BCUT2D eigenvalue weighted by Crippen LogP contribution is 2.67.